The van der Waals surface area contributed by atoms with Crippen molar-refractivity contribution < 1.29 is 41.3 Å². The van der Waals surface area contributed by atoms with Crippen molar-refractivity contribution >= 4 is 44.9 Å². The maximum Gasteiger partial charge on any atom is 0.269 e. The van der Waals surface area contributed by atoms with Gasteiger partial charge in [0.05, 0.1) is 26.3 Å². The van der Waals surface area contributed by atoms with Gasteiger partial charge in [0.1, 0.15) is 12.2 Å². The molecule has 2 aliphatic rings. The molecular weight excluding hydrogens is 627 g/mol. The maximum absolute atomic E-state index is 13.9. The summed E-state index contributed by atoms with van der Waals surface area (Å²) in [6.07, 6.45) is 2.45. The molecule has 3 aromatic carbocycles. The lowest BCUT2D eigenvalue weighted by Crippen LogP contribution is -2.47. The number of anilines is 1. The van der Waals surface area contributed by atoms with Crippen LogP contribution in [0, 0.1) is 39.4 Å². The second kappa shape index (κ2) is 12.2. The number of nitrogens with one attached hydrogen (secondary N) is 1. The zero-order valence-corrected chi connectivity index (χ0v) is 24.3. The van der Waals surface area contributed by atoms with Gasteiger partial charge in [-0.2, -0.15) is 0 Å². The van der Waals surface area contributed by atoms with Crippen LogP contribution in [0.5, 0.6) is 0 Å². The van der Waals surface area contributed by atoms with Crippen LogP contribution in [-0.4, -0.2) is 41.4 Å². The summed E-state index contributed by atoms with van der Waals surface area (Å²) in [5.74, 6) is -6.51. The Morgan fingerprint density at radius 3 is 2.30 bits per heavy atom. The third-order valence-electron chi connectivity index (χ3n) is 7.91. The fourth-order valence-corrected chi connectivity index (χ4v) is 8.83. The quantitative estimate of drug-likeness (QED) is 0.128. The predicted molar refractivity (Wildman–Crippen MR) is 153 cm³/mol. The van der Waals surface area contributed by atoms with Gasteiger partial charge in [0.25, 0.3) is 11.6 Å². The minimum absolute atomic E-state index is 0.00188. The van der Waals surface area contributed by atoms with Crippen LogP contribution in [0.15, 0.2) is 64.6 Å². The van der Waals surface area contributed by atoms with Crippen LogP contribution in [0.1, 0.15) is 41.6 Å². The second-order valence-corrected chi connectivity index (χ2v) is 13.4. The number of hydrogen-bond donors (Lipinski definition) is 2. The molecule has 2 aliphatic carbocycles. The van der Waals surface area contributed by atoms with Crippen LogP contribution < -0.4 is 5.32 Å². The molecule has 2 N–H and O–H groups in total. The number of non-ortho nitro benzene ring substituents is 1. The van der Waals surface area contributed by atoms with E-state index in [0.717, 1.165) is 6.07 Å². The number of hydrogen-bond acceptors (Lipinski definition) is 8. The molecule has 0 radical (unpaired) electrons. The average Bonchev–Trinajstić information content (AvgIpc) is 3.27. The molecule has 0 spiro atoms. The SMILES string of the molecule is O=C(Nc1cc(F)c(F)c(F)c1)c1ccc(Cl)c(S(=O)(=O)C2C3CC[C@H]2CC(O)(/C=N/OCc2ccc([N+](=O)[O-])cc2)C3)c1. The Hall–Kier alpha value is -4.01. The topological polar surface area (TPSA) is 148 Å². The molecule has 4 atom stereocenters. The Morgan fingerprint density at radius 1 is 1.09 bits per heavy atom. The van der Waals surface area contributed by atoms with Gasteiger partial charge >= 0.3 is 0 Å². The molecule has 10 nitrogen and oxygen atoms in total. The van der Waals surface area contributed by atoms with Gasteiger partial charge in [-0.25, -0.2) is 21.6 Å². The van der Waals surface area contributed by atoms with Gasteiger partial charge in [-0.15, -0.1) is 0 Å². The number of benzene rings is 3. The van der Waals surface area contributed by atoms with Gasteiger partial charge in [0.15, 0.2) is 27.3 Å². The van der Waals surface area contributed by atoms with Crippen molar-refractivity contribution in [1.29, 1.82) is 0 Å². The summed E-state index contributed by atoms with van der Waals surface area (Å²) in [7, 11) is -4.11. The molecule has 2 saturated carbocycles. The van der Waals surface area contributed by atoms with Crippen LogP contribution in [0.2, 0.25) is 5.02 Å². The summed E-state index contributed by atoms with van der Waals surface area (Å²) in [4.78, 5) is 28.0. The van der Waals surface area contributed by atoms with Crippen LogP contribution in [0.4, 0.5) is 24.5 Å². The van der Waals surface area contributed by atoms with E-state index in [9.17, 15) is 41.6 Å². The first-order chi connectivity index (χ1) is 20.8. The molecule has 0 saturated heterocycles. The number of nitro groups is 1. The summed E-state index contributed by atoms with van der Waals surface area (Å²) in [5.41, 5.74) is -1.40. The van der Waals surface area contributed by atoms with Crippen molar-refractivity contribution in [2.75, 3.05) is 5.32 Å². The number of halogens is 4. The van der Waals surface area contributed by atoms with E-state index in [4.69, 9.17) is 16.4 Å². The lowest BCUT2D eigenvalue weighted by Gasteiger charge is -2.38. The Labute approximate surface area is 254 Å². The van der Waals surface area contributed by atoms with Crippen molar-refractivity contribution in [3.63, 3.8) is 0 Å². The van der Waals surface area contributed by atoms with Gasteiger partial charge in [-0.3, -0.25) is 14.9 Å². The first-order valence-corrected chi connectivity index (χ1v) is 15.3. The molecule has 15 heteroatoms. The average molecular weight is 652 g/mol. The van der Waals surface area contributed by atoms with E-state index in [1.54, 1.807) is 0 Å². The first kappa shape index (κ1) is 31.4. The third kappa shape index (κ3) is 6.42. The molecule has 5 rings (SSSR count). The summed E-state index contributed by atoms with van der Waals surface area (Å²) < 4.78 is 68.2. The summed E-state index contributed by atoms with van der Waals surface area (Å²) >= 11 is 6.28. The van der Waals surface area contributed by atoms with E-state index in [1.807, 2.05) is 0 Å². The van der Waals surface area contributed by atoms with Crippen molar-refractivity contribution in [2.45, 2.75) is 48.0 Å². The molecule has 44 heavy (non-hydrogen) atoms. The number of fused-ring (bicyclic) bond motifs is 2. The highest BCUT2D eigenvalue weighted by atomic mass is 35.5. The molecule has 3 unspecified atom stereocenters. The van der Waals surface area contributed by atoms with Crippen molar-refractivity contribution in [2.24, 2.45) is 17.0 Å². The van der Waals surface area contributed by atoms with Crippen LogP contribution in [-0.2, 0) is 21.3 Å². The Bertz CT molecular complexity index is 1720. The number of oxime groups is 1. The molecule has 0 aromatic heterocycles. The van der Waals surface area contributed by atoms with Crippen LogP contribution >= 0.6 is 11.6 Å². The molecule has 0 aliphatic heterocycles. The van der Waals surface area contributed by atoms with Gasteiger partial charge in [0, 0.05) is 35.5 Å². The smallest absolute Gasteiger partial charge is 0.269 e. The van der Waals surface area contributed by atoms with Gasteiger partial charge in [0.2, 0.25) is 0 Å². The number of sulfone groups is 1. The summed E-state index contributed by atoms with van der Waals surface area (Å²) in [6.45, 7) is 0.00188. The highest BCUT2D eigenvalue weighted by Crippen LogP contribution is 2.51. The minimum atomic E-state index is -4.11. The van der Waals surface area contributed by atoms with E-state index in [2.05, 4.69) is 10.5 Å². The fraction of sp³-hybridized carbons (Fsp3) is 0.310. The Morgan fingerprint density at radius 2 is 1.70 bits per heavy atom. The fourth-order valence-electron chi connectivity index (χ4n) is 5.98. The maximum atomic E-state index is 13.9. The molecule has 3 aromatic rings. The van der Waals surface area contributed by atoms with Crippen LogP contribution in [0.25, 0.3) is 0 Å². The molecule has 2 fully saturated rings. The van der Waals surface area contributed by atoms with Crippen molar-refractivity contribution in [3.8, 4) is 0 Å². The minimum Gasteiger partial charge on any atom is -0.391 e. The number of nitro benzene ring substituents is 1. The lowest BCUT2D eigenvalue weighted by atomic mass is 9.78. The normalized spacial score (nSPS) is 23.1. The Balaban J connectivity index is 1.28. The molecule has 0 heterocycles. The number of carbonyl (C=O) groups excluding carboxylic acids is 1. The zero-order chi connectivity index (χ0) is 31.8. The van der Waals surface area contributed by atoms with Crippen LogP contribution in [0.3, 0.4) is 0 Å². The molecular formula is C29H25ClF3N3O7S. The van der Waals surface area contributed by atoms with E-state index >= 15 is 0 Å². The monoisotopic (exact) mass is 651 g/mol. The van der Waals surface area contributed by atoms with E-state index in [0.29, 0.717) is 30.5 Å². The summed E-state index contributed by atoms with van der Waals surface area (Å²) in [6, 6.07) is 10.4. The number of aliphatic hydroxyl groups is 1. The molecule has 1 amide bonds. The highest BCUT2D eigenvalue weighted by Gasteiger charge is 2.54. The number of rotatable bonds is 9. The molecule has 232 valence electrons. The van der Waals surface area contributed by atoms with Crippen molar-refractivity contribution in [3.05, 3.63) is 98.3 Å². The molecule has 2 bridgehead atoms. The Kier molecular flexibility index (Phi) is 8.69. The van der Waals surface area contributed by atoms with E-state index < -0.39 is 60.8 Å². The highest BCUT2D eigenvalue weighted by molar-refractivity contribution is 7.92. The largest absolute Gasteiger partial charge is 0.391 e. The van der Waals surface area contributed by atoms with Crippen molar-refractivity contribution in [1.82, 2.24) is 0 Å². The van der Waals surface area contributed by atoms with Gasteiger partial charge < -0.3 is 15.3 Å². The zero-order valence-electron chi connectivity index (χ0n) is 22.8. The number of carbonyl (C=O) groups is 1. The predicted octanol–water partition coefficient (Wildman–Crippen LogP) is 5.81. The third-order valence-corrected chi connectivity index (χ3v) is 10.8. The summed E-state index contributed by atoms with van der Waals surface area (Å²) in [5, 5.41) is 27.1. The standard InChI is InChI=1S/C29H25ClF3N3O7S/c30-22-8-5-17(28(37)35-20-10-23(31)26(33)24(32)11-20)9-25(22)44(41,42)27-18-3-4-19(27)13-29(38,12-18)15-34-43-14-16-1-6-21(7-2-16)36(39)40/h1-2,5-11,15,18-19,27,38H,3-4,12-14H2,(H,35,37)/b34-15+/t18-,19?,27?,29?/m0/s1. The number of nitrogens with zero attached hydrogens (tertiary/aromatic N) is 2. The van der Waals surface area contributed by atoms with Gasteiger partial charge in [-0.1, -0.05) is 16.8 Å². The van der Waals surface area contributed by atoms with Gasteiger partial charge in [-0.05, 0) is 73.4 Å². The second-order valence-electron chi connectivity index (χ2n) is 10.9. The lowest BCUT2D eigenvalue weighted by molar-refractivity contribution is -0.384. The first-order valence-electron chi connectivity index (χ1n) is 13.4. The number of amides is 1. The van der Waals surface area contributed by atoms with E-state index in [1.165, 1.54) is 42.6 Å². The van der Waals surface area contributed by atoms with E-state index in [-0.39, 0.29) is 46.3 Å².